The molecule has 4 fully saturated rings. The molecule has 6 atom stereocenters. The van der Waals surface area contributed by atoms with E-state index < -0.39 is 6.09 Å². The van der Waals surface area contributed by atoms with Gasteiger partial charge in [0.1, 0.15) is 12.4 Å². The van der Waals surface area contributed by atoms with Crippen molar-refractivity contribution in [1.82, 2.24) is 9.80 Å². The number of carbonyl (C=O) groups is 1. The number of halogens is 1. The molecule has 2 saturated heterocycles. The van der Waals surface area contributed by atoms with E-state index in [0.29, 0.717) is 36.7 Å². The summed E-state index contributed by atoms with van der Waals surface area (Å²) in [4.78, 5) is 16.0. The molecule has 0 spiro atoms. The highest BCUT2D eigenvalue weighted by molar-refractivity contribution is 5.67. The number of hydrogen-bond acceptors (Lipinski definition) is 3. The average Bonchev–Trinajstić information content (AvgIpc) is 3.11. The van der Waals surface area contributed by atoms with Crippen LogP contribution < -0.4 is 0 Å². The van der Waals surface area contributed by atoms with Gasteiger partial charge in [0.2, 0.25) is 0 Å². The number of carboxylic acid groups (broad SMARTS) is 1. The van der Waals surface area contributed by atoms with E-state index in [1.807, 2.05) is 6.07 Å². The van der Waals surface area contributed by atoms with E-state index in [2.05, 4.69) is 11.0 Å². The number of amides is 1. The van der Waals surface area contributed by atoms with E-state index in [0.717, 1.165) is 38.6 Å². The van der Waals surface area contributed by atoms with Crippen LogP contribution in [0.5, 0.6) is 5.75 Å². The van der Waals surface area contributed by atoms with E-state index in [1.165, 1.54) is 11.1 Å². The second-order valence-corrected chi connectivity index (χ2v) is 9.69. The zero-order valence-electron chi connectivity index (χ0n) is 16.0. The maximum atomic E-state index is 13.4. The first-order valence-electron chi connectivity index (χ1n) is 10.6. The number of phenols is 1. The molecule has 1 aromatic rings. The quantitative estimate of drug-likeness (QED) is 0.820. The topological polar surface area (TPSA) is 64.0 Å². The van der Waals surface area contributed by atoms with Crippen LogP contribution in [0.2, 0.25) is 0 Å². The first-order valence-corrected chi connectivity index (χ1v) is 10.6. The van der Waals surface area contributed by atoms with E-state index >= 15 is 0 Å². The maximum absolute atomic E-state index is 13.4. The number of hydrogen-bond donors (Lipinski definition) is 2. The Labute approximate surface area is 164 Å². The van der Waals surface area contributed by atoms with Crippen LogP contribution in [0.25, 0.3) is 0 Å². The number of fused-ring (bicyclic) bond motifs is 1. The lowest BCUT2D eigenvalue weighted by molar-refractivity contribution is -0.102. The lowest BCUT2D eigenvalue weighted by atomic mass is 9.43. The summed E-state index contributed by atoms with van der Waals surface area (Å²) in [5.41, 5.74) is 2.57. The van der Waals surface area contributed by atoms with Crippen LogP contribution >= 0.6 is 0 Å². The standard InChI is InChI=1S/C22H27FN2O3/c23-6-8-24-7-5-22-16-10-15(26)2-1-13(16)9-18(24)21(22)4-3-17-19(22)14(11-21)12-25(17)20(27)28/h1-2,10,14,17-19,26H,3-9,11-12H2,(H,27,28)/t14-,17?,18-,19?,21-,22+/m1/s1. The smallest absolute Gasteiger partial charge is 0.407 e. The van der Waals surface area contributed by atoms with Crippen LogP contribution in [0.4, 0.5) is 9.18 Å². The van der Waals surface area contributed by atoms with Gasteiger partial charge < -0.3 is 15.1 Å². The maximum Gasteiger partial charge on any atom is 0.407 e. The fourth-order valence-corrected chi connectivity index (χ4v) is 8.69. The third kappa shape index (κ3) is 1.75. The van der Waals surface area contributed by atoms with Gasteiger partial charge in [0.05, 0.1) is 0 Å². The van der Waals surface area contributed by atoms with Gasteiger partial charge in [-0.05, 0) is 79.2 Å². The Hall–Kier alpha value is -1.82. The Balaban J connectivity index is 1.57. The monoisotopic (exact) mass is 386 g/mol. The number of piperidine rings is 1. The largest absolute Gasteiger partial charge is 0.508 e. The highest BCUT2D eigenvalue weighted by Gasteiger charge is 2.76. The number of rotatable bonds is 2. The van der Waals surface area contributed by atoms with Gasteiger partial charge in [0.15, 0.2) is 0 Å². The third-order valence-electron chi connectivity index (χ3n) is 9.20. The van der Waals surface area contributed by atoms with Crippen LogP contribution in [0.3, 0.4) is 0 Å². The predicted octanol–water partition coefficient (Wildman–Crippen LogP) is 3.01. The zero-order valence-corrected chi connectivity index (χ0v) is 16.0. The van der Waals surface area contributed by atoms with Crippen LogP contribution in [0.1, 0.15) is 36.8 Å². The lowest BCUT2D eigenvalue weighted by Crippen LogP contribution is -2.69. The molecule has 2 N–H and O–H groups in total. The second kappa shape index (κ2) is 5.41. The van der Waals surface area contributed by atoms with Crippen molar-refractivity contribution in [2.75, 3.05) is 26.3 Å². The van der Waals surface area contributed by atoms with Gasteiger partial charge in [-0.15, -0.1) is 0 Å². The van der Waals surface area contributed by atoms with Crippen LogP contribution in [-0.2, 0) is 11.8 Å². The molecular formula is C22H27FN2O3. The van der Waals surface area contributed by atoms with Gasteiger partial charge >= 0.3 is 6.09 Å². The highest BCUT2D eigenvalue weighted by Crippen LogP contribution is 2.75. The van der Waals surface area contributed by atoms with Crippen molar-refractivity contribution in [3.63, 3.8) is 0 Å². The Morgan fingerprint density at radius 1 is 1.32 bits per heavy atom. The Kier molecular flexibility index (Phi) is 3.30. The van der Waals surface area contributed by atoms with Gasteiger partial charge in [-0.3, -0.25) is 4.90 Å². The van der Waals surface area contributed by atoms with Crippen LogP contribution in [0.15, 0.2) is 18.2 Å². The summed E-state index contributed by atoms with van der Waals surface area (Å²) in [6.07, 6.45) is 4.05. The molecule has 2 heterocycles. The van der Waals surface area contributed by atoms with Crippen molar-refractivity contribution in [3.05, 3.63) is 29.3 Å². The number of phenolic OH excluding ortho intramolecular Hbond substituents is 1. The molecule has 6 heteroatoms. The van der Waals surface area contributed by atoms with Crippen molar-refractivity contribution >= 4 is 6.09 Å². The molecule has 2 saturated carbocycles. The molecule has 0 aromatic heterocycles. The molecule has 2 aliphatic heterocycles. The van der Waals surface area contributed by atoms with E-state index in [1.54, 1.807) is 11.0 Å². The lowest BCUT2D eigenvalue weighted by Gasteiger charge is -2.66. The molecule has 28 heavy (non-hydrogen) atoms. The molecule has 150 valence electrons. The molecular weight excluding hydrogens is 359 g/mol. The first kappa shape index (κ1) is 17.1. The van der Waals surface area contributed by atoms with Crippen LogP contribution in [-0.4, -0.2) is 64.5 Å². The normalized spacial score (nSPS) is 43.0. The SMILES string of the molecule is O=C(O)N1C[C@H]2C[C@@]34CCC1C2[C@@]31CCN(CCF)[C@@H]4Cc2ccc(O)cc21. The van der Waals surface area contributed by atoms with Crippen LogP contribution in [0, 0.1) is 17.3 Å². The molecule has 5 aliphatic rings. The number of alkyl halides is 1. The molecule has 1 amide bonds. The molecule has 2 unspecified atom stereocenters. The van der Waals surface area contributed by atoms with Crippen molar-refractivity contribution in [3.8, 4) is 5.75 Å². The van der Waals surface area contributed by atoms with Gasteiger partial charge in [-0.1, -0.05) is 6.07 Å². The number of benzene rings is 1. The van der Waals surface area contributed by atoms with Crippen molar-refractivity contribution in [2.45, 2.75) is 49.6 Å². The summed E-state index contributed by atoms with van der Waals surface area (Å²) in [5, 5.41) is 20.1. The van der Waals surface area contributed by atoms with E-state index in [4.69, 9.17) is 0 Å². The summed E-state index contributed by atoms with van der Waals surface area (Å²) in [6.45, 7) is 1.69. The van der Waals surface area contributed by atoms with Gasteiger partial charge in [-0.2, -0.15) is 0 Å². The minimum atomic E-state index is -0.790. The number of likely N-dealkylation sites (tertiary alicyclic amines) is 2. The first-order chi connectivity index (χ1) is 13.5. The fourth-order valence-electron chi connectivity index (χ4n) is 8.69. The molecule has 0 radical (unpaired) electrons. The highest BCUT2D eigenvalue weighted by atomic mass is 19.1. The molecule has 4 bridgehead atoms. The van der Waals surface area contributed by atoms with Gasteiger partial charge in [0, 0.05) is 30.6 Å². The Bertz CT molecular complexity index is 862. The van der Waals surface area contributed by atoms with Crippen molar-refractivity contribution in [2.24, 2.45) is 17.3 Å². The number of aromatic hydroxyl groups is 1. The average molecular weight is 386 g/mol. The van der Waals surface area contributed by atoms with Crippen molar-refractivity contribution < 1.29 is 19.4 Å². The molecule has 1 aromatic carbocycles. The Morgan fingerprint density at radius 3 is 2.96 bits per heavy atom. The molecule has 3 aliphatic carbocycles. The number of nitrogens with zero attached hydrogens (tertiary/aromatic N) is 2. The van der Waals surface area contributed by atoms with E-state index in [9.17, 15) is 19.4 Å². The van der Waals surface area contributed by atoms with Gasteiger partial charge in [-0.25, -0.2) is 9.18 Å². The van der Waals surface area contributed by atoms with Gasteiger partial charge in [0.25, 0.3) is 0 Å². The summed E-state index contributed by atoms with van der Waals surface area (Å²) >= 11 is 0. The predicted molar refractivity (Wildman–Crippen MR) is 101 cm³/mol. The fraction of sp³-hybridized carbons (Fsp3) is 0.682. The molecule has 6 rings (SSSR count). The van der Waals surface area contributed by atoms with Crippen molar-refractivity contribution in [1.29, 1.82) is 0 Å². The Morgan fingerprint density at radius 2 is 2.18 bits per heavy atom. The second-order valence-electron chi connectivity index (χ2n) is 9.69. The summed E-state index contributed by atoms with van der Waals surface area (Å²) in [5.74, 6) is 1.01. The summed E-state index contributed by atoms with van der Waals surface area (Å²) < 4.78 is 13.4. The summed E-state index contributed by atoms with van der Waals surface area (Å²) in [7, 11) is 0. The van der Waals surface area contributed by atoms with E-state index in [-0.39, 0.29) is 23.5 Å². The molecule has 5 nitrogen and oxygen atoms in total. The summed E-state index contributed by atoms with van der Waals surface area (Å²) in [6, 6.07) is 6.21. The third-order valence-corrected chi connectivity index (χ3v) is 9.20. The zero-order chi connectivity index (χ0) is 19.3. The minimum Gasteiger partial charge on any atom is -0.508 e. The minimum absolute atomic E-state index is 0.0748.